The van der Waals surface area contributed by atoms with Gasteiger partial charge in [-0.25, -0.2) is 4.99 Å². The van der Waals surface area contributed by atoms with Crippen LogP contribution in [0.4, 0.5) is 0 Å². The maximum atomic E-state index is 5.37. The van der Waals surface area contributed by atoms with Crippen LogP contribution in [-0.4, -0.2) is 28.3 Å². The Balaban J connectivity index is 0.00000208. The van der Waals surface area contributed by atoms with Crippen LogP contribution in [0, 0.1) is 0 Å². The lowest BCUT2D eigenvalue weighted by atomic mass is 10.2. The minimum atomic E-state index is 0. The summed E-state index contributed by atoms with van der Waals surface area (Å²) < 4.78 is 7.23. The molecule has 1 fully saturated rings. The Morgan fingerprint density at radius 1 is 1.38 bits per heavy atom. The second-order valence-corrected chi connectivity index (χ2v) is 5.99. The van der Waals surface area contributed by atoms with Crippen molar-refractivity contribution in [3.05, 3.63) is 42.1 Å². The van der Waals surface area contributed by atoms with Crippen molar-refractivity contribution < 1.29 is 4.42 Å². The second kappa shape index (κ2) is 9.71. The highest BCUT2D eigenvalue weighted by molar-refractivity contribution is 14.0. The molecule has 1 aliphatic carbocycles. The average molecular weight is 443 g/mol. The van der Waals surface area contributed by atoms with Crippen molar-refractivity contribution in [2.24, 2.45) is 12.0 Å². The van der Waals surface area contributed by atoms with E-state index in [9.17, 15) is 0 Å². The molecule has 2 N–H and O–H groups in total. The molecule has 2 heterocycles. The van der Waals surface area contributed by atoms with Gasteiger partial charge in [-0.2, -0.15) is 5.10 Å². The van der Waals surface area contributed by atoms with Crippen molar-refractivity contribution in [2.75, 3.05) is 6.54 Å². The highest BCUT2D eigenvalue weighted by atomic mass is 127. The summed E-state index contributed by atoms with van der Waals surface area (Å²) in [6.45, 7) is 1.43. The molecule has 0 spiro atoms. The minimum Gasteiger partial charge on any atom is -0.469 e. The first-order valence-electron chi connectivity index (χ1n) is 8.35. The van der Waals surface area contributed by atoms with Crippen LogP contribution in [0.25, 0.3) is 0 Å². The topological polar surface area (TPSA) is 67.4 Å². The zero-order valence-corrected chi connectivity index (χ0v) is 16.4. The molecule has 0 amide bonds. The van der Waals surface area contributed by atoms with Crippen molar-refractivity contribution in [3.8, 4) is 0 Å². The van der Waals surface area contributed by atoms with Crippen molar-refractivity contribution in [3.63, 3.8) is 0 Å². The highest BCUT2D eigenvalue weighted by Gasteiger charge is 2.16. The summed E-state index contributed by atoms with van der Waals surface area (Å²) in [7, 11) is 1.94. The summed E-state index contributed by atoms with van der Waals surface area (Å²) in [5.41, 5.74) is 1.10. The van der Waals surface area contributed by atoms with E-state index in [-0.39, 0.29) is 24.0 Å². The van der Waals surface area contributed by atoms with Gasteiger partial charge >= 0.3 is 0 Å². The van der Waals surface area contributed by atoms with Crippen LogP contribution in [0.2, 0.25) is 0 Å². The molecule has 6 nitrogen and oxygen atoms in total. The van der Waals surface area contributed by atoms with Gasteiger partial charge in [0.15, 0.2) is 5.96 Å². The number of hydrogen-bond acceptors (Lipinski definition) is 3. The van der Waals surface area contributed by atoms with Gasteiger partial charge < -0.3 is 15.1 Å². The first-order valence-corrected chi connectivity index (χ1v) is 8.35. The monoisotopic (exact) mass is 443 g/mol. The molecule has 24 heavy (non-hydrogen) atoms. The smallest absolute Gasteiger partial charge is 0.191 e. The Hall–Kier alpha value is -1.51. The Kier molecular flexibility index (Phi) is 7.61. The third-order valence-electron chi connectivity index (χ3n) is 4.26. The largest absolute Gasteiger partial charge is 0.469 e. The number of aryl methyl sites for hydroxylation is 1. The summed E-state index contributed by atoms with van der Waals surface area (Å²) >= 11 is 0. The summed E-state index contributed by atoms with van der Waals surface area (Å²) in [5, 5.41) is 11.2. The molecule has 0 saturated heterocycles. The van der Waals surface area contributed by atoms with Gasteiger partial charge in [0.1, 0.15) is 5.76 Å². The summed E-state index contributed by atoms with van der Waals surface area (Å²) in [5.74, 6) is 1.87. The summed E-state index contributed by atoms with van der Waals surface area (Å²) in [6, 6.07) is 6.46. The number of nitrogens with one attached hydrogen (secondary N) is 2. The van der Waals surface area contributed by atoms with E-state index in [1.165, 1.54) is 25.7 Å². The molecule has 132 valence electrons. The molecular formula is C17H26IN5O. The van der Waals surface area contributed by atoms with Gasteiger partial charge in [0.25, 0.3) is 0 Å². The average Bonchev–Trinajstić information content (AvgIpc) is 3.28. The molecule has 0 atom stereocenters. The summed E-state index contributed by atoms with van der Waals surface area (Å²) in [6.07, 6.45) is 9.43. The van der Waals surface area contributed by atoms with Crippen LogP contribution >= 0.6 is 24.0 Å². The van der Waals surface area contributed by atoms with Gasteiger partial charge in [-0.05, 0) is 31.0 Å². The number of nitrogens with zero attached hydrogens (tertiary/aromatic N) is 3. The number of rotatable bonds is 6. The fraction of sp³-hybridized carbons (Fsp3) is 0.529. The molecule has 3 rings (SSSR count). The predicted molar refractivity (Wildman–Crippen MR) is 106 cm³/mol. The lowest BCUT2D eigenvalue weighted by Crippen LogP contribution is -2.43. The van der Waals surface area contributed by atoms with Gasteiger partial charge in [-0.1, -0.05) is 12.8 Å². The predicted octanol–water partition coefficient (Wildman–Crippen LogP) is 2.85. The quantitative estimate of drug-likeness (QED) is 0.410. The maximum Gasteiger partial charge on any atom is 0.191 e. The number of aromatic nitrogens is 2. The van der Waals surface area contributed by atoms with Gasteiger partial charge in [0.05, 0.1) is 18.5 Å². The van der Waals surface area contributed by atoms with E-state index in [0.717, 1.165) is 30.4 Å². The molecule has 1 aliphatic rings. The zero-order valence-electron chi connectivity index (χ0n) is 14.1. The van der Waals surface area contributed by atoms with Crippen molar-refractivity contribution in [2.45, 2.75) is 44.7 Å². The van der Waals surface area contributed by atoms with E-state index >= 15 is 0 Å². The van der Waals surface area contributed by atoms with Crippen LogP contribution in [0.5, 0.6) is 0 Å². The van der Waals surface area contributed by atoms with Gasteiger partial charge in [0.2, 0.25) is 0 Å². The molecule has 0 bridgehead atoms. The highest BCUT2D eigenvalue weighted by Crippen LogP contribution is 2.17. The maximum absolute atomic E-state index is 5.37. The number of guanidine groups is 1. The van der Waals surface area contributed by atoms with Gasteiger partial charge in [0, 0.05) is 32.3 Å². The molecule has 0 aromatic carbocycles. The van der Waals surface area contributed by atoms with Crippen molar-refractivity contribution in [1.29, 1.82) is 0 Å². The third-order valence-corrected chi connectivity index (χ3v) is 4.26. The molecule has 0 unspecified atom stereocenters. The van der Waals surface area contributed by atoms with Gasteiger partial charge in [-0.15, -0.1) is 24.0 Å². The molecule has 0 aliphatic heterocycles. The number of hydrogen-bond donors (Lipinski definition) is 2. The molecule has 2 aromatic heterocycles. The van der Waals surface area contributed by atoms with E-state index < -0.39 is 0 Å². The van der Waals surface area contributed by atoms with Crippen LogP contribution in [0.15, 0.2) is 40.1 Å². The fourth-order valence-corrected chi connectivity index (χ4v) is 2.89. The van der Waals surface area contributed by atoms with Crippen LogP contribution in [0.1, 0.15) is 37.1 Å². The van der Waals surface area contributed by atoms with Crippen LogP contribution in [-0.2, 0) is 20.0 Å². The van der Waals surface area contributed by atoms with E-state index in [4.69, 9.17) is 9.41 Å². The fourth-order valence-electron chi connectivity index (χ4n) is 2.89. The van der Waals surface area contributed by atoms with E-state index in [1.54, 1.807) is 12.5 Å². The molecule has 2 aromatic rings. The first kappa shape index (κ1) is 18.8. The minimum absolute atomic E-state index is 0. The Bertz CT molecular complexity index is 617. The number of halogens is 1. The SMILES string of the molecule is Cn1nccc1CN=C(NCCc1ccco1)NC1CCCC1.I. The Morgan fingerprint density at radius 2 is 2.21 bits per heavy atom. The second-order valence-electron chi connectivity index (χ2n) is 5.99. The van der Waals surface area contributed by atoms with Gasteiger partial charge in [-0.3, -0.25) is 4.68 Å². The lowest BCUT2D eigenvalue weighted by molar-refractivity contribution is 0.506. The summed E-state index contributed by atoms with van der Waals surface area (Å²) in [4.78, 5) is 4.71. The molecule has 1 saturated carbocycles. The van der Waals surface area contributed by atoms with E-state index in [1.807, 2.05) is 29.9 Å². The van der Waals surface area contributed by atoms with E-state index in [0.29, 0.717) is 12.6 Å². The Labute approximate surface area is 160 Å². The van der Waals surface area contributed by atoms with Crippen molar-refractivity contribution in [1.82, 2.24) is 20.4 Å². The first-order chi connectivity index (χ1) is 11.3. The normalized spacial score (nSPS) is 15.3. The van der Waals surface area contributed by atoms with Crippen molar-refractivity contribution >= 4 is 29.9 Å². The Morgan fingerprint density at radius 3 is 2.88 bits per heavy atom. The van der Waals surface area contributed by atoms with Crippen LogP contribution in [0.3, 0.4) is 0 Å². The molecule has 7 heteroatoms. The lowest BCUT2D eigenvalue weighted by Gasteiger charge is -2.17. The number of furan rings is 1. The molecule has 0 radical (unpaired) electrons. The standard InChI is InChI=1S/C17H25N5O.HI/c1-22-15(8-11-20-22)13-19-17(21-14-5-2-3-6-14)18-10-9-16-7-4-12-23-16;/h4,7-8,11-12,14H,2-3,5-6,9-10,13H2,1H3,(H2,18,19,21);1H. The third kappa shape index (κ3) is 5.54. The van der Waals surface area contributed by atoms with Crippen LogP contribution < -0.4 is 10.6 Å². The molecular weight excluding hydrogens is 417 g/mol. The van der Waals surface area contributed by atoms with E-state index in [2.05, 4.69) is 15.7 Å². The zero-order chi connectivity index (χ0) is 15.9. The number of aliphatic imine (C=N–C) groups is 1.